The Bertz CT molecular complexity index is 556. The molecule has 1 saturated heterocycles. The predicted molar refractivity (Wildman–Crippen MR) is 71.6 cm³/mol. The minimum absolute atomic E-state index is 0.236. The lowest BCUT2D eigenvalue weighted by Gasteiger charge is -2.29. The summed E-state index contributed by atoms with van der Waals surface area (Å²) in [6.45, 7) is 4.38. The minimum Gasteiger partial charge on any atom is -0.321 e. The fourth-order valence-corrected chi connectivity index (χ4v) is 2.38. The van der Waals surface area contributed by atoms with Crippen LogP contribution in [0.25, 0.3) is 0 Å². The molecule has 2 aliphatic heterocycles. The molecule has 106 valence electrons. The van der Waals surface area contributed by atoms with Crippen LogP contribution in [0.5, 0.6) is 0 Å². The summed E-state index contributed by atoms with van der Waals surface area (Å²) in [6.07, 6.45) is 2.21. The van der Waals surface area contributed by atoms with E-state index in [9.17, 15) is 14.4 Å². The molecular formula is C14H17N3O3. The van der Waals surface area contributed by atoms with Crippen LogP contribution in [0.1, 0.15) is 42.7 Å². The molecule has 6 heteroatoms. The van der Waals surface area contributed by atoms with Gasteiger partial charge in [0.25, 0.3) is 5.91 Å². The van der Waals surface area contributed by atoms with Gasteiger partial charge >= 0.3 is 0 Å². The number of pyridine rings is 1. The lowest BCUT2D eigenvalue weighted by molar-refractivity contribution is -0.136. The third-order valence-corrected chi connectivity index (χ3v) is 3.28. The Morgan fingerprint density at radius 1 is 1.30 bits per heavy atom. The summed E-state index contributed by atoms with van der Waals surface area (Å²) in [5, 5.41) is 2.26. The molecule has 2 aliphatic rings. The molecule has 0 aliphatic carbocycles. The molecule has 0 radical (unpaired) electrons. The van der Waals surface area contributed by atoms with Crippen LogP contribution in [0.4, 0.5) is 0 Å². The zero-order valence-electron chi connectivity index (χ0n) is 11.5. The highest BCUT2D eigenvalue weighted by molar-refractivity contribution is 6.04. The number of carbonyl (C=O) groups is 3. The quantitative estimate of drug-likeness (QED) is 0.771. The van der Waals surface area contributed by atoms with Crippen LogP contribution in [0.15, 0.2) is 18.3 Å². The summed E-state index contributed by atoms with van der Waals surface area (Å²) in [7, 11) is 0. The Labute approximate surface area is 117 Å². The fraction of sp³-hybridized carbons (Fsp3) is 0.429. The number of hydrogen-bond donors (Lipinski definition) is 1. The molecular weight excluding hydrogens is 258 g/mol. The van der Waals surface area contributed by atoms with Crippen LogP contribution < -0.4 is 5.32 Å². The summed E-state index contributed by atoms with van der Waals surface area (Å²) in [4.78, 5) is 40.5. The first kappa shape index (κ1) is 14.2. The van der Waals surface area contributed by atoms with Gasteiger partial charge in [0.05, 0.1) is 0 Å². The molecule has 6 nitrogen and oxygen atoms in total. The maximum atomic E-state index is 12.1. The van der Waals surface area contributed by atoms with Crippen molar-refractivity contribution in [1.29, 1.82) is 0 Å². The van der Waals surface area contributed by atoms with E-state index in [0.717, 1.165) is 5.56 Å². The van der Waals surface area contributed by atoms with E-state index in [4.69, 9.17) is 0 Å². The van der Waals surface area contributed by atoms with Gasteiger partial charge in [-0.2, -0.15) is 0 Å². The third-order valence-electron chi connectivity index (χ3n) is 3.28. The SMILES string of the molecule is CC.O=C1CCC(N2Cc3cccnc3C2=O)C(=O)N1. The maximum Gasteiger partial charge on any atom is 0.273 e. The van der Waals surface area contributed by atoms with Crippen LogP contribution in [0, 0.1) is 0 Å². The van der Waals surface area contributed by atoms with Gasteiger partial charge in [-0.1, -0.05) is 19.9 Å². The first-order valence-corrected chi connectivity index (χ1v) is 6.75. The summed E-state index contributed by atoms with van der Waals surface area (Å²) >= 11 is 0. The Hall–Kier alpha value is -2.24. The van der Waals surface area contributed by atoms with Crippen molar-refractivity contribution in [3.8, 4) is 0 Å². The van der Waals surface area contributed by atoms with E-state index in [0.29, 0.717) is 18.7 Å². The fourth-order valence-electron chi connectivity index (χ4n) is 2.38. The minimum atomic E-state index is -0.565. The standard InChI is InChI=1S/C12H11N3O3.C2H6/c16-9-4-3-8(11(17)14-9)15-6-7-2-1-5-13-10(7)12(15)18;1-2/h1-2,5,8H,3-4,6H2,(H,14,16,17);1-2H3. The monoisotopic (exact) mass is 275 g/mol. The summed E-state index contributed by atoms with van der Waals surface area (Å²) in [5.41, 5.74) is 1.23. The van der Waals surface area contributed by atoms with Crippen LogP contribution >= 0.6 is 0 Å². The number of nitrogens with zero attached hydrogens (tertiary/aromatic N) is 2. The molecule has 0 aromatic carbocycles. The number of nitrogens with one attached hydrogen (secondary N) is 1. The van der Waals surface area contributed by atoms with Crippen LogP contribution in [-0.2, 0) is 16.1 Å². The van der Waals surface area contributed by atoms with Crippen LogP contribution in [0.3, 0.4) is 0 Å². The summed E-state index contributed by atoms with van der Waals surface area (Å²) < 4.78 is 0. The molecule has 20 heavy (non-hydrogen) atoms. The van der Waals surface area contributed by atoms with E-state index in [1.54, 1.807) is 12.3 Å². The molecule has 3 rings (SSSR count). The number of hydrogen-bond acceptors (Lipinski definition) is 4. The van der Waals surface area contributed by atoms with Crippen molar-refractivity contribution < 1.29 is 14.4 Å². The second kappa shape index (κ2) is 5.81. The van der Waals surface area contributed by atoms with Gasteiger partial charge in [0, 0.05) is 24.7 Å². The van der Waals surface area contributed by atoms with E-state index in [2.05, 4.69) is 10.3 Å². The maximum absolute atomic E-state index is 12.1. The van der Waals surface area contributed by atoms with E-state index < -0.39 is 11.9 Å². The van der Waals surface area contributed by atoms with Crippen molar-refractivity contribution in [2.75, 3.05) is 0 Å². The first-order valence-electron chi connectivity index (χ1n) is 6.75. The lowest BCUT2D eigenvalue weighted by atomic mass is 10.0. The van der Waals surface area contributed by atoms with Gasteiger partial charge in [-0.25, -0.2) is 0 Å². The van der Waals surface area contributed by atoms with Crippen molar-refractivity contribution in [2.45, 2.75) is 39.3 Å². The van der Waals surface area contributed by atoms with Crippen LogP contribution in [0.2, 0.25) is 0 Å². The normalized spacial score (nSPS) is 21.0. The van der Waals surface area contributed by atoms with Gasteiger partial charge < -0.3 is 4.90 Å². The highest BCUT2D eigenvalue weighted by Crippen LogP contribution is 2.25. The third kappa shape index (κ3) is 2.41. The molecule has 0 saturated carbocycles. The van der Waals surface area contributed by atoms with Crippen molar-refractivity contribution in [2.24, 2.45) is 0 Å². The smallest absolute Gasteiger partial charge is 0.273 e. The van der Waals surface area contributed by atoms with Gasteiger partial charge in [-0.3, -0.25) is 24.7 Å². The molecule has 1 aromatic rings. The number of piperidine rings is 1. The zero-order chi connectivity index (χ0) is 14.7. The van der Waals surface area contributed by atoms with Gasteiger partial charge in [0.1, 0.15) is 11.7 Å². The molecule has 1 fully saturated rings. The number of rotatable bonds is 1. The Kier molecular flexibility index (Phi) is 4.12. The molecule has 1 N–H and O–H groups in total. The molecule has 0 spiro atoms. The largest absolute Gasteiger partial charge is 0.321 e. The van der Waals surface area contributed by atoms with E-state index >= 15 is 0 Å². The molecule has 0 bridgehead atoms. The zero-order valence-corrected chi connectivity index (χ0v) is 11.5. The number of aromatic nitrogens is 1. The molecule has 1 aromatic heterocycles. The van der Waals surface area contributed by atoms with Crippen molar-refractivity contribution in [3.63, 3.8) is 0 Å². The summed E-state index contributed by atoms with van der Waals surface area (Å²) in [5.74, 6) is -0.911. The van der Waals surface area contributed by atoms with Crippen LogP contribution in [-0.4, -0.2) is 33.6 Å². The topological polar surface area (TPSA) is 79.4 Å². The van der Waals surface area contributed by atoms with Crippen molar-refractivity contribution >= 4 is 17.7 Å². The van der Waals surface area contributed by atoms with Gasteiger partial charge in [0.15, 0.2) is 0 Å². The molecule has 3 amide bonds. The number of amides is 3. The van der Waals surface area contributed by atoms with E-state index in [-0.39, 0.29) is 18.2 Å². The molecule has 1 atom stereocenters. The van der Waals surface area contributed by atoms with E-state index in [1.165, 1.54) is 4.90 Å². The Morgan fingerprint density at radius 2 is 2.05 bits per heavy atom. The predicted octanol–water partition coefficient (Wildman–Crippen LogP) is 0.869. The highest BCUT2D eigenvalue weighted by atomic mass is 16.2. The van der Waals surface area contributed by atoms with Crippen molar-refractivity contribution in [1.82, 2.24) is 15.2 Å². The lowest BCUT2D eigenvalue weighted by Crippen LogP contribution is -2.52. The summed E-state index contributed by atoms with van der Waals surface area (Å²) in [6, 6.07) is 3.02. The number of fused-ring (bicyclic) bond motifs is 1. The second-order valence-corrected chi connectivity index (χ2v) is 4.41. The Balaban J connectivity index is 0.000000704. The molecule has 3 heterocycles. The average Bonchev–Trinajstić information content (AvgIpc) is 2.79. The molecule has 1 unspecified atom stereocenters. The second-order valence-electron chi connectivity index (χ2n) is 4.41. The highest BCUT2D eigenvalue weighted by Gasteiger charge is 2.39. The van der Waals surface area contributed by atoms with E-state index in [1.807, 2.05) is 19.9 Å². The average molecular weight is 275 g/mol. The van der Waals surface area contributed by atoms with Gasteiger partial charge in [0.2, 0.25) is 11.8 Å². The van der Waals surface area contributed by atoms with Gasteiger partial charge in [-0.05, 0) is 12.5 Å². The van der Waals surface area contributed by atoms with Gasteiger partial charge in [-0.15, -0.1) is 0 Å². The first-order chi connectivity index (χ1) is 9.66. The van der Waals surface area contributed by atoms with Crippen molar-refractivity contribution in [3.05, 3.63) is 29.6 Å². The Morgan fingerprint density at radius 3 is 2.70 bits per heavy atom. The number of imide groups is 1. The number of carbonyl (C=O) groups excluding carboxylic acids is 3.